The summed E-state index contributed by atoms with van der Waals surface area (Å²) >= 11 is 0. The summed E-state index contributed by atoms with van der Waals surface area (Å²) in [5.74, 6) is 0. The Morgan fingerprint density at radius 2 is 1.83 bits per heavy atom. The second-order valence-corrected chi connectivity index (χ2v) is 5.57. The Labute approximate surface area is 107 Å². The molecule has 1 aromatic heterocycles. The van der Waals surface area contributed by atoms with Gasteiger partial charge in [0.05, 0.1) is 11.2 Å². The van der Waals surface area contributed by atoms with Crippen LogP contribution in [0.2, 0.25) is 0 Å². The summed E-state index contributed by atoms with van der Waals surface area (Å²) in [4.78, 5) is 13.9. The SMILES string of the molecule is CC1(C)OB(c2c[nH]c(=O)cc2CN)OC1(C)C. The third-order valence-corrected chi connectivity index (χ3v) is 3.77. The minimum Gasteiger partial charge on any atom is -0.399 e. The highest BCUT2D eigenvalue weighted by Crippen LogP contribution is 2.36. The largest absolute Gasteiger partial charge is 0.496 e. The molecule has 18 heavy (non-hydrogen) atoms. The molecule has 0 spiro atoms. The lowest BCUT2D eigenvalue weighted by Crippen LogP contribution is -2.41. The van der Waals surface area contributed by atoms with Gasteiger partial charge >= 0.3 is 7.12 Å². The van der Waals surface area contributed by atoms with Gasteiger partial charge in [0, 0.05) is 24.3 Å². The van der Waals surface area contributed by atoms with Gasteiger partial charge in [0.15, 0.2) is 0 Å². The average Bonchev–Trinajstić information content (AvgIpc) is 2.47. The van der Waals surface area contributed by atoms with Crippen LogP contribution in [0.25, 0.3) is 0 Å². The summed E-state index contributed by atoms with van der Waals surface area (Å²) < 4.78 is 11.9. The Morgan fingerprint density at radius 3 is 2.33 bits per heavy atom. The molecular formula is C12H19BN2O3. The van der Waals surface area contributed by atoms with Gasteiger partial charge in [0.25, 0.3) is 0 Å². The van der Waals surface area contributed by atoms with Gasteiger partial charge in [0.2, 0.25) is 5.56 Å². The Bertz CT molecular complexity index is 494. The van der Waals surface area contributed by atoms with Crippen molar-refractivity contribution in [1.82, 2.24) is 4.98 Å². The van der Waals surface area contributed by atoms with E-state index in [0.29, 0.717) is 0 Å². The number of hydrogen-bond donors (Lipinski definition) is 2. The molecule has 1 aromatic rings. The van der Waals surface area contributed by atoms with E-state index < -0.39 is 18.3 Å². The summed E-state index contributed by atoms with van der Waals surface area (Å²) in [6, 6.07) is 1.49. The van der Waals surface area contributed by atoms with E-state index >= 15 is 0 Å². The zero-order valence-electron chi connectivity index (χ0n) is 11.2. The molecule has 98 valence electrons. The van der Waals surface area contributed by atoms with Crippen molar-refractivity contribution in [2.24, 2.45) is 5.73 Å². The smallest absolute Gasteiger partial charge is 0.399 e. The van der Waals surface area contributed by atoms with Crippen LogP contribution in [0.5, 0.6) is 0 Å². The lowest BCUT2D eigenvalue weighted by atomic mass is 9.77. The number of rotatable bonds is 2. The van der Waals surface area contributed by atoms with Gasteiger partial charge in [0.1, 0.15) is 0 Å². The van der Waals surface area contributed by atoms with Crippen LogP contribution in [0.3, 0.4) is 0 Å². The van der Waals surface area contributed by atoms with Gasteiger partial charge in [-0.2, -0.15) is 0 Å². The monoisotopic (exact) mass is 250 g/mol. The van der Waals surface area contributed by atoms with Crippen LogP contribution in [-0.4, -0.2) is 23.3 Å². The first kappa shape index (κ1) is 13.3. The fourth-order valence-electron chi connectivity index (χ4n) is 1.89. The second-order valence-electron chi connectivity index (χ2n) is 5.57. The summed E-state index contributed by atoms with van der Waals surface area (Å²) in [5, 5.41) is 0. The van der Waals surface area contributed by atoms with Crippen LogP contribution in [0.1, 0.15) is 33.3 Å². The Hall–Kier alpha value is -1.11. The molecule has 0 saturated carbocycles. The maximum absolute atomic E-state index is 11.3. The number of pyridine rings is 1. The van der Waals surface area contributed by atoms with Gasteiger partial charge < -0.3 is 20.0 Å². The predicted octanol–water partition coefficient (Wildman–Crippen LogP) is 0.133. The third-order valence-electron chi connectivity index (χ3n) is 3.77. The molecule has 1 aliphatic rings. The fraction of sp³-hybridized carbons (Fsp3) is 0.583. The van der Waals surface area contributed by atoms with E-state index in [9.17, 15) is 4.79 Å². The van der Waals surface area contributed by atoms with E-state index in [1.165, 1.54) is 6.07 Å². The maximum Gasteiger partial charge on any atom is 0.496 e. The Morgan fingerprint density at radius 1 is 1.28 bits per heavy atom. The van der Waals surface area contributed by atoms with Crippen molar-refractivity contribution in [3.05, 3.63) is 28.2 Å². The first-order valence-electron chi connectivity index (χ1n) is 6.04. The molecule has 1 fully saturated rings. The Balaban J connectivity index is 2.38. The van der Waals surface area contributed by atoms with Crippen LogP contribution in [-0.2, 0) is 15.9 Å². The molecule has 1 aliphatic heterocycles. The van der Waals surface area contributed by atoms with Crippen LogP contribution >= 0.6 is 0 Å². The number of aromatic amines is 1. The molecule has 5 nitrogen and oxygen atoms in total. The van der Waals surface area contributed by atoms with Crippen LogP contribution < -0.4 is 16.8 Å². The van der Waals surface area contributed by atoms with Crippen molar-refractivity contribution in [2.45, 2.75) is 45.4 Å². The molecule has 0 bridgehead atoms. The highest BCUT2D eigenvalue weighted by molar-refractivity contribution is 6.62. The summed E-state index contributed by atoms with van der Waals surface area (Å²) in [6.45, 7) is 8.23. The van der Waals surface area contributed by atoms with E-state index in [1.54, 1.807) is 6.20 Å². The molecule has 2 rings (SSSR count). The van der Waals surface area contributed by atoms with E-state index in [2.05, 4.69) is 4.98 Å². The highest BCUT2D eigenvalue weighted by atomic mass is 16.7. The van der Waals surface area contributed by atoms with E-state index in [4.69, 9.17) is 15.0 Å². The number of H-pyrrole nitrogens is 1. The second kappa shape index (κ2) is 4.22. The van der Waals surface area contributed by atoms with Gasteiger partial charge in [-0.05, 0) is 33.3 Å². The van der Waals surface area contributed by atoms with Crippen molar-refractivity contribution < 1.29 is 9.31 Å². The third kappa shape index (κ3) is 2.11. The lowest BCUT2D eigenvalue weighted by molar-refractivity contribution is 0.00578. The predicted molar refractivity (Wildman–Crippen MR) is 70.7 cm³/mol. The number of aromatic nitrogens is 1. The zero-order chi connectivity index (χ0) is 13.6. The zero-order valence-corrected chi connectivity index (χ0v) is 11.2. The molecule has 1 saturated heterocycles. The fourth-order valence-corrected chi connectivity index (χ4v) is 1.89. The molecule has 3 N–H and O–H groups in total. The Kier molecular flexibility index (Phi) is 3.13. The first-order valence-corrected chi connectivity index (χ1v) is 6.04. The van der Waals surface area contributed by atoms with Crippen LogP contribution in [0.4, 0.5) is 0 Å². The van der Waals surface area contributed by atoms with Crippen molar-refractivity contribution >= 4 is 12.6 Å². The van der Waals surface area contributed by atoms with Crippen LogP contribution in [0.15, 0.2) is 17.1 Å². The molecule has 2 heterocycles. The number of nitrogens with one attached hydrogen (secondary N) is 1. The summed E-state index contributed by atoms with van der Waals surface area (Å²) in [6.07, 6.45) is 1.62. The summed E-state index contributed by atoms with van der Waals surface area (Å²) in [5.41, 5.74) is 6.22. The van der Waals surface area contributed by atoms with Crippen molar-refractivity contribution in [3.8, 4) is 0 Å². The normalized spacial score (nSPS) is 21.3. The minimum atomic E-state index is -0.495. The average molecular weight is 250 g/mol. The molecule has 0 aliphatic carbocycles. The van der Waals surface area contributed by atoms with Crippen LogP contribution in [0, 0.1) is 0 Å². The topological polar surface area (TPSA) is 77.3 Å². The summed E-state index contributed by atoms with van der Waals surface area (Å²) in [7, 11) is -0.495. The van der Waals surface area contributed by atoms with Gasteiger partial charge in [-0.15, -0.1) is 0 Å². The number of hydrogen-bond acceptors (Lipinski definition) is 4. The van der Waals surface area contributed by atoms with Gasteiger partial charge in [-0.25, -0.2) is 0 Å². The molecule has 0 unspecified atom stereocenters. The molecule has 0 amide bonds. The van der Waals surface area contributed by atoms with Gasteiger partial charge in [-0.1, -0.05) is 0 Å². The molecule has 0 atom stereocenters. The first-order chi connectivity index (χ1) is 8.27. The highest BCUT2D eigenvalue weighted by Gasteiger charge is 2.52. The van der Waals surface area contributed by atoms with Crippen molar-refractivity contribution in [2.75, 3.05) is 0 Å². The van der Waals surface area contributed by atoms with Gasteiger partial charge in [-0.3, -0.25) is 4.79 Å². The standard InChI is InChI=1S/C12H19BN2O3/c1-11(2)12(3,4)18-13(17-11)9-7-15-10(16)5-8(9)6-14/h5,7H,6,14H2,1-4H3,(H,15,16). The van der Waals surface area contributed by atoms with E-state index in [1.807, 2.05) is 27.7 Å². The quantitative estimate of drug-likeness (QED) is 0.731. The maximum atomic E-state index is 11.3. The molecular weight excluding hydrogens is 231 g/mol. The lowest BCUT2D eigenvalue weighted by Gasteiger charge is -2.32. The molecule has 0 aromatic carbocycles. The van der Waals surface area contributed by atoms with Crippen molar-refractivity contribution in [3.63, 3.8) is 0 Å². The van der Waals surface area contributed by atoms with Crippen molar-refractivity contribution in [1.29, 1.82) is 0 Å². The van der Waals surface area contributed by atoms with E-state index in [0.717, 1.165) is 11.0 Å². The number of nitrogens with two attached hydrogens (primary N) is 1. The molecule has 6 heteroatoms. The van der Waals surface area contributed by atoms with E-state index in [-0.39, 0.29) is 12.1 Å². The molecule has 0 radical (unpaired) electrons. The minimum absolute atomic E-state index is 0.171.